The minimum absolute atomic E-state index is 0.123. The fraction of sp³-hybridized carbons (Fsp3) is 0.294. The molecule has 1 fully saturated rings. The van der Waals surface area contributed by atoms with Crippen LogP contribution in [0.5, 0.6) is 0 Å². The Hall–Kier alpha value is -3.36. The third-order valence-electron chi connectivity index (χ3n) is 4.80. The number of benzene rings is 1. The lowest BCUT2D eigenvalue weighted by Gasteiger charge is -2.29. The number of amides is 1. The Morgan fingerprint density at radius 1 is 1.12 bits per heavy atom. The topological polar surface area (TPSA) is 136 Å². The Morgan fingerprint density at radius 2 is 1.81 bits per heavy atom. The van der Waals surface area contributed by atoms with Gasteiger partial charge in [-0.25, -0.2) is 19.4 Å². The molecule has 0 atom stereocenters. The van der Waals surface area contributed by atoms with Gasteiger partial charge in [-0.2, -0.15) is 5.10 Å². The fourth-order valence-electron chi connectivity index (χ4n) is 3.42. The van der Waals surface area contributed by atoms with E-state index in [9.17, 15) is 4.79 Å². The Labute approximate surface area is 149 Å². The van der Waals surface area contributed by atoms with Crippen LogP contribution >= 0.6 is 0 Å². The van der Waals surface area contributed by atoms with Crippen molar-refractivity contribution in [3.63, 3.8) is 0 Å². The summed E-state index contributed by atoms with van der Waals surface area (Å²) in [4.78, 5) is 21.1. The van der Waals surface area contributed by atoms with E-state index >= 15 is 0 Å². The molecule has 0 radical (unpaired) electrons. The highest BCUT2D eigenvalue weighted by atomic mass is 16.4. The predicted molar refractivity (Wildman–Crippen MR) is 97.1 cm³/mol. The summed E-state index contributed by atoms with van der Waals surface area (Å²) < 4.78 is 1.74. The lowest BCUT2D eigenvalue weighted by atomic mass is 9.93. The lowest BCUT2D eigenvalue weighted by molar-refractivity contribution is 0.132. The normalized spacial score (nSPS) is 15.5. The molecule has 0 saturated carbocycles. The Kier molecular flexibility index (Phi) is 3.83. The van der Waals surface area contributed by atoms with Crippen molar-refractivity contribution in [3.05, 3.63) is 36.3 Å². The molecule has 26 heavy (non-hydrogen) atoms. The van der Waals surface area contributed by atoms with Gasteiger partial charge in [-0.3, -0.25) is 0 Å². The van der Waals surface area contributed by atoms with Crippen molar-refractivity contribution in [2.75, 3.05) is 24.6 Å². The molecule has 1 amide bonds. The highest BCUT2D eigenvalue weighted by Crippen LogP contribution is 2.34. The number of likely N-dealkylation sites (tertiary alicyclic amines) is 1. The maximum absolute atomic E-state index is 11.1. The highest BCUT2D eigenvalue weighted by molar-refractivity contribution is 5.88. The lowest BCUT2D eigenvalue weighted by Crippen LogP contribution is -2.36. The van der Waals surface area contributed by atoms with Crippen molar-refractivity contribution >= 4 is 28.6 Å². The summed E-state index contributed by atoms with van der Waals surface area (Å²) in [5, 5.41) is 13.9. The molecule has 3 aromatic rings. The second kappa shape index (κ2) is 6.17. The van der Waals surface area contributed by atoms with Gasteiger partial charge < -0.3 is 21.5 Å². The zero-order chi connectivity index (χ0) is 18.3. The number of hydrogen-bond acceptors (Lipinski definition) is 6. The molecule has 134 valence electrons. The van der Waals surface area contributed by atoms with Crippen molar-refractivity contribution in [1.82, 2.24) is 24.6 Å². The molecule has 3 heterocycles. The summed E-state index contributed by atoms with van der Waals surface area (Å²) in [5.74, 6) is 0.478. The van der Waals surface area contributed by atoms with Crippen LogP contribution in [0.3, 0.4) is 0 Å². The van der Waals surface area contributed by atoms with Crippen LogP contribution < -0.4 is 11.5 Å². The largest absolute Gasteiger partial charge is 0.465 e. The van der Waals surface area contributed by atoms with E-state index < -0.39 is 6.09 Å². The quantitative estimate of drug-likeness (QED) is 0.598. The summed E-state index contributed by atoms with van der Waals surface area (Å²) in [5.41, 5.74) is 15.6. The molecule has 0 unspecified atom stereocenters. The van der Waals surface area contributed by atoms with E-state index in [1.54, 1.807) is 16.8 Å². The van der Waals surface area contributed by atoms with Gasteiger partial charge in [0.1, 0.15) is 17.4 Å². The van der Waals surface area contributed by atoms with Crippen molar-refractivity contribution in [2.24, 2.45) is 0 Å². The van der Waals surface area contributed by atoms with Gasteiger partial charge in [0, 0.05) is 24.7 Å². The average Bonchev–Trinajstić information content (AvgIpc) is 3.03. The maximum Gasteiger partial charge on any atom is 0.407 e. The molecule has 2 aromatic heterocycles. The first-order valence-electron chi connectivity index (χ1n) is 8.37. The van der Waals surface area contributed by atoms with Crippen molar-refractivity contribution in [3.8, 4) is 5.69 Å². The first kappa shape index (κ1) is 16.1. The molecule has 4 rings (SSSR count). The number of carboxylic acid groups (broad SMARTS) is 1. The smallest absolute Gasteiger partial charge is 0.407 e. The predicted octanol–water partition coefficient (Wildman–Crippen LogP) is 1.84. The fourth-order valence-corrected chi connectivity index (χ4v) is 3.42. The molecule has 0 bridgehead atoms. The first-order chi connectivity index (χ1) is 12.5. The molecule has 1 aliphatic rings. The van der Waals surface area contributed by atoms with E-state index in [2.05, 4.69) is 9.97 Å². The minimum Gasteiger partial charge on any atom is -0.465 e. The average molecular weight is 353 g/mol. The standard InChI is InChI=1S/C17H19N7O2/c18-11-1-3-12(4-2-11)24-15-14(20-9-21-16(15)19)13(22-24)10-5-7-23(8-6-10)17(25)26/h1-4,9-10H,5-8,18H2,(H,25,26)(H2,19,20,21). The first-order valence-corrected chi connectivity index (χ1v) is 8.37. The zero-order valence-electron chi connectivity index (χ0n) is 14.0. The molecule has 0 aliphatic carbocycles. The molecule has 1 aromatic carbocycles. The molecule has 1 saturated heterocycles. The number of piperidine rings is 1. The Balaban J connectivity index is 1.78. The summed E-state index contributed by atoms with van der Waals surface area (Å²) in [6.07, 6.45) is 1.95. The highest BCUT2D eigenvalue weighted by Gasteiger charge is 2.28. The van der Waals surface area contributed by atoms with E-state index in [0.717, 1.165) is 11.4 Å². The van der Waals surface area contributed by atoms with Crippen LogP contribution in [-0.2, 0) is 0 Å². The van der Waals surface area contributed by atoms with E-state index in [0.29, 0.717) is 48.5 Å². The third kappa shape index (κ3) is 2.67. The second-order valence-corrected chi connectivity index (χ2v) is 6.39. The van der Waals surface area contributed by atoms with Gasteiger partial charge in [-0.05, 0) is 37.1 Å². The molecule has 9 nitrogen and oxygen atoms in total. The Bertz CT molecular complexity index is 959. The number of nitrogens with zero attached hydrogens (tertiary/aromatic N) is 5. The molecule has 0 spiro atoms. The van der Waals surface area contributed by atoms with Crippen molar-refractivity contribution < 1.29 is 9.90 Å². The summed E-state index contributed by atoms with van der Waals surface area (Å²) in [6, 6.07) is 7.33. The summed E-state index contributed by atoms with van der Waals surface area (Å²) in [7, 11) is 0. The second-order valence-electron chi connectivity index (χ2n) is 6.39. The molecule has 5 N–H and O–H groups in total. The third-order valence-corrected chi connectivity index (χ3v) is 4.80. The van der Waals surface area contributed by atoms with Crippen LogP contribution in [0, 0.1) is 0 Å². The van der Waals surface area contributed by atoms with E-state index in [1.165, 1.54) is 11.2 Å². The van der Waals surface area contributed by atoms with E-state index in [4.69, 9.17) is 21.7 Å². The van der Waals surface area contributed by atoms with Gasteiger partial charge in [0.25, 0.3) is 0 Å². The monoisotopic (exact) mass is 353 g/mol. The van der Waals surface area contributed by atoms with Crippen molar-refractivity contribution in [1.29, 1.82) is 0 Å². The van der Waals surface area contributed by atoms with E-state index in [1.807, 2.05) is 12.1 Å². The van der Waals surface area contributed by atoms with Crippen LogP contribution in [0.1, 0.15) is 24.5 Å². The number of rotatable bonds is 2. The summed E-state index contributed by atoms with van der Waals surface area (Å²) >= 11 is 0. The zero-order valence-corrected chi connectivity index (χ0v) is 14.0. The molecule has 1 aliphatic heterocycles. The van der Waals surface area contributed by atoms with Crippen LogP contribution in [0.2, 0.25) is 0 Å². The van der Waals surface area contributed by atoms with Gasteiger partial charge in [-0.15, -0.1) is 0 Å². The Morgan fingerprint density at radius 3 is 2.46 bits per heavy atom. The number of anilines is 2. The van der Waals surface area contributed by atoms with Crippen LogP contribution in [0.4, 0.5) is 16.3 Å². The van der Waals surface area contributed by atoms with Crippen molar-refractivity contribution in [2.45, 2.75) is 18.8 Å². The number of carbonyl (C=O) groups is 1. The molecular formula is C17H19N7O2. The van der Waals surface area contributed by atoms with Crippen LogP contribution in [-0.4, -0.2) is 48.9 Å². The van der Waals surface area contributed by atoms with Gasteiger partial charge in [0.15, 0.2) is 5.82 Å². The number of hydrogen-bond donors (Lipinski definition) is 3. The van der Waals surface area contributed by atoms with Crippen LogP contribution in [0.25, 0.3) is 16.7 Å². The molecule has 9 heteroatoms. The maximum atomic E-state index is 11.1. The van der Waals surface area contributed by atoms with Crippen LogP contribution in [0.15, 0.2) is 30.6 Å². The SMILES string of the molecule is Nc1ccc(-n2nc(C3CCN(C(=O)O)CC3)c3ncnc(N)c32)cc1. The van der Waals surface area contributed by atoms with Gasteiger partial charge in [0.05, 0.1) is 11.4 Å². The number of fused-ring (bicyclic) bond motifs is 1. The van der Waals surface area contributed by atoms with Gasteiger partial charge >= 0.3 is 6.09 Å². The van der Waals surface area contributed by atoms with Gasteiger partial charge in [-0.1, -0.05) is 0 Å². The van der Waals surface area contributed by atoms with E-state index in [-0.39, 0.29) is 5.92 Å². The number of nitrogens with two attached hydrogens (primary N) is 2. The number of nitrogen functional groups attached to an aromatic ring is 2. The molecular weight excluding hydrogens is 334 g/mol. The summed E-state index contributed by atoms with van der Waals surface area (Å²) in [6.45, 7) is 0.966. The van der Waals surface area contributed by atoms with Gasteiger partial charge in [0.2, 0.25) is 0 Å². The minimum atomic E-state index is -0.882. The number of aromatic nitrogens is 4.